The largest absolute Gasteiger partial charge is 0.496 e. The van der Waals surface area contributed by atoms with Gasteiger partial charge in [0, 0.05) is 5.56 Å². The molecule has 0 radical (unpaired) electrons. The first-order chi connectivity index (χ1) is 8.33. The molecule has 1 heteroatoms. The van der Waals surface area contributed by atoms with E-state index in [0.717, 1.165) is 11.3 Å². The lowest BCUT2D eigenvalue weighted by atomic mass is 10.0. The Kier molecular flexibility index (Phi) is 5.28. The summed E-state index contributed by atoms with van der Waals surface area (Å²) in [7, 11) is 1.72. The summed E-state index contributed by atoms with van der Waals surface area (Å²) in [4.78, 5) is 0. The van der Waals surface area contributed by atoms with Gasteiger partial charge in [-0.1, -0.05) is 62.4 Å². The number of ether oxygens (including phenoxy) is 1. The van der Waals surface area contributed by atoms with Crippen LogP contribution in [0.3, 0.4) is 0 Å². The van der Waals surface area contributed by atoms with Crippen molar-refractivity contribution in [3.8, 4) is 16.9 Å². The van der Waals surface area contributed by atoms with Crippen molar-refractivity contribution in [1.29, 1.82) is 0 Å². The molecule has 0 saturated heterocycles. The average Bonchev–Trinajstić information content (AvgIpc) is 2.42. The van der Waals surface area contributed by atoms with Gasteiger partial charge in [-0.25, -0.2) is 0 Å². The molecule has 0 atom stereocenters. The summed E-state index contributed by atoms with van der Waals surface area (Å²) in [5, 5.41) is 0. The third-order valence-electron chi connectivity index (χ3n) is 2.50. The number of para-hydroxylation sites is 1. The first-order valence-electron chi connectivity index (χ1n) is 6.02. The van der Waals surface area contributed by atoms with Gasteiger partial charge in [-0.2, -0.15) is 0 Å². The monoisotopic (exact) mass is 228 g/mol. The third kappa shape index (κ3) is 3.10. The van der Waals surface area contributed by atoms with Gasteiger partial charge in [0.2, 0.25) is 0 Å². The van der Waals surface area contributed by atoms with E-state index >= 15 is 0 Å². The molecule has 0 unspecified atom stereocenters. The summed E-state index contributed by atoms with van der Waals surface area (Å²) in [5.41, 5.74) is 3.51. The summed E-state index contributed by atoms with van der Waals surface area (Å²) in [6, 6.07) is 16.5. The van der Waals surface area contributed by atoms with Crippen molar-refractivity contribution in [1.82, 2.24) is 0 Å². The van der Waals surface area contributed by atoms with Crippen molar-refractivity contribution in [2.75, 3.05) is 7.11 Å². The van der Waals surface area contributed by atoms with Crippen LogP contribution in [0.4, 0.5) is 0 Å². The molecule has 0 saturated carbocycles. The van der Waals surface area contributed by atoms with Gasteiger partial charge in [0.1, 0.15) is 5.75 Å². The predicted molar refractivity (Wildman–Crippen MR) is 74.5 cm³/mol. The predicted octanol–water partition coefficient (Wildman–Crippen LogP) is 4.70. The number of hydrogen-bond donors (Lipinski definition) is 0. The van der Waals surface area contributed by atoms with Crippen LogP contribution >= 0.6 is 0 Å². The minimum atomic E-state index is 0.962. The van der Waals surface area contributed by atoms with Gasteiger partial charge in [0.25, 0.3) is 0 Å². The van der Waals surface area contributed by atoms with Crippen molar-refractivity contribution in [3.05, 3.63) is 54.1 Å². The van der Waals surface area contributed by atoms with Gasteiger partial charge in [0.15, 0.2) is 0 Å². The summed E-state index contributed by atoms with van der Waals surface area (Å²) < 4.78 is 5.43. The van der Waals surface area contributed by atoms with Gasteiger partial charge in [-0.15, -0.1) is 0 Å². The van der Waals surface area contributed by atoms with Gasteiger partial charge >= 0.3 is 0 Å². The lowest BCUT2D eigenvalue weighted by molar-refractivity contribution is 0.413. The van der Waals surface area contributed by atoms with E-state index in [2.05, 4.69) is 37.3 Å². The fraction of sp³-hybridized carbons (Fsp3) is 0.250. The summed E-state index contributed by atoms with van der Waals surface area (Å²) >= 11 is 0. The lowest BCUT2D eigenvalue weighted by Gasteiger charge is -2.10. The minimum absolute atomic E-state index is 0.962. The van der Waals surface area contributed by atoms with Crippen molar-refractivity contribution in [2.45, 2.75) is 20.8 Å². The second-order valence-corrected chi connectivity index (χ2v) is 3.52. The lowest BCUT2D eigenvalue weighted by Crippen LogP contribution is -1.90. The van der Waals surface area contributed by atoms with Crippen LogP contribution in [0.1, 0.15) is 19.4 Å². The van der Waals surface area contributed by atoms with E-state index in [4.69, 9.17) is 4.74 Å². The Balaban J connectivity index is 0.000000686. The summed E-state index contributed by atoms with van der Waals surface area (Å²) in [6.07, 6.45) is 0. The second kappa shape index (κ2) is 6.74. The SMILES string of the molecule is CC.COc1c(C)cccc1-c1ccccc1. The first kappa shape index (κ1) is 13.3. The molecule has 2 aromatic rings. The molecule has 0 N–H and O–H groups in total. The number of methoxy groups -OCH3 is 1. The zero-order chi connectivity index (χ0) is 12.7. The maximum absolute atomic E-state index is 5.43. The van der Waals surface area contributed by atoms with E-state index in [0.29, 0.717) is 0 Å². The maximum Gasteiger partial charge on any atom is 0.129 e. The average molecular weight is 228 g/mol. The van der Waals surface area contributed by atoms with E-state index in [1.54, 1.807) is 7.11 Å². The zero-order valence-electron chi connectivity index (χ0n) is 11.0. The molecule has 90 valence electrons. The van der Waals surface area contributed by atoms with Gasteiger partial charge < -0.3 is 4.74 Å². The zero-order valence-corrected chi connectivity index (χ0v) is 11.0. The van der Waals surface area contributed by atoms with E-state index in [9.17, 15) is 0 Å². The highest BCUT2D eigenvalue weighted by molar-refractivity contribution is 5.71. The van der Waals surface area contributed by atoms with E-state index in [-0.39, 0.29) is 0 Å². The summed E-state index contributed by atoms with van der Waals surface area (Å²) in [6.45, 7) is 6.06. The maximum atomic E-state index is 5.43. The van der Waals surface area contributed by atoms with Gasteiger partial charge in [-0.3, -0.25) is 0 Å². The Hall–Kier alpha value is -1.76. The van der Waals surface area contributed by atoms with Crippen LogP contribution in [-0.4, -0.2) is 7.11 Å². The molecular weight excluding hydrogens is 208 g/mol. The highest BCUT2D eigenvalue weighted by atomic mass is 16.5. The fourth-order valence-electron chi connectivity index (χ4n) is 1.77. The topological polar surface area (TPSA) is 9.23 Å². The number of benzene rings is 2. The second-order valence-electron chi connectivity index (χ2n) is 3.52. The minimum Gasteiger partial charge on any atom is -0.496 e. The molecule has 1 nitrogen and oxygen atoms in total. The molecule has 0 aliphatic rings. The highest BCUT2D eigenvalue weighted by Crippen LogP contribution is 2.32. The van der Waals surface area contributed by atoms with E-state index < -0.39 is 0 Å². The third-order valence-corrected chi connectivity index (χ3v) is 2.50. The molecule has 0 spiro atoms. The van der Waals surface area contributed by atoms with Crippen LogP contribution < -0.4 is 4.74 Å². The standard InChI is InChI=1S/C14H14O.C2H6/c1-11-7-6-10-13(14(11)15-2)12-8-4-3-5-9-12;1-2/h3-10H,1-2H3;1-2H3. The van der Waals surface area contributed by atoms with Crippen LogP contribution in [0.25, 0.3) is 11.1 Å². The van der Waals surface area contributed by atoms with Crippen LogP contribution in [0, 0.1) is 6.92 Å². The van der Waals surface area contributed by atoms with Crippen LogP contribution in [0.2, 0.25) is 0 Å². The Labute approximate surface area is 104 Å². The summed E-state index contributed by atoms with van der Waals surface area (Å²) in [5.74, 6) is 0.962. The molecule has 17 heavy (non-hydrogen) atoms. The molecule has 0 amide bonds. The van der Waals surface area contributed by atoms with Crippen molar-refractivity contribution in [2.24, 2.45) is 0 Å². The molecule has 2 aromatic carbocycles. The van der Waals surface area contributed by atoms with Crippen molar-refractivity contribution >= 4 is 0 Å². The molecule has 2 rings (SSSR count). The Morgan fingerprint density at radius 2 is 1.47 bits per heavy atom. The Morgan fingerprint density at radius 3 is 2.06 bits per heavy atom. The highest BCUT2D eigenvalue weighted by Gasteiger charge is 2.06. The molecule has 0 fully saturated rings. The normalized spacial score (nSPS) is 9.18. The first-order valence-corrected chi connectivity index (χ1v) is 6.02. The van der Waals surface area contributed by atoms with E-state index in [1.807, 2.05) is 32.0 Å². The molecular formula is C16H20O. The van der Waals surface area contributed by atoms with Crippen molar-refractivity contribution in [3.63, 3.8) is 0 Å². The van der Waals surface area contributed by atoms with Gasteiger partial charge in [-0.05, 0) is 18.1 Å². The number of rotatable bonds is 2. The quantitative estimate of drug-likeness (QED) is 0.724. The van der Waals surface area contributed by atoms with Crippen molar-refractivity contribution < 1.29 is 4.74 Å². The van der Waals surface area contributed by atoms with E-state index in [1.165, 1.54) is 11.1 Å². The smallest absolute Gasteiger partial charge is 0.129 e. The molecule has 0 aliphatic carbocycles. The number of hydrogen-bond acceptors (Lipinski definition) is 1. The fourth-order valence-corrected chi connectivity index (χ4v) is 1.77. The molecule has 0 bridgehead atoms. The molecule has 0 heterocycles. The Morgan fingerprint density at radius 1 is 0.824 bits per heavy atom. The Bertz CT molecular complexity index is 446. The van der Waals surface area contributed by atoms with Crippen LogP contribution in [0.5, 0.6) is 5.75 Å². The van der Waals surface area contributed by atoms with Crippen LogP contribution in [0.15, 0.2) is 48.5 Å². The number of aryl methyl sites for hydroxylation is 1. The van der Waals surface area contributed by atoms with Gasteiger partial charge in [0.05, 0.1) is 7.11 Å². The molecule has 0 aliphatic heterocycles. The van der Waals surface area contributed by atoms with Crippen LogP contribution in [-0.2, 0) is 0 Å². The molecule has 0 aromatic heterocycles.